The van der Waals surface area contributed by atoms with E-state index in [1.54, 1.807) is 0 Å². The van der Waals surface area contributed by atoms with Crippen LogP contribution in [0.4, 0.5) is 0 Å². The lowest BCUT2D eigenvalue weighted by atomic mass is 9.82. The summed E-state index contributed by atoms with van der Waals surface area (Å²) in [6.07, 6.45) is 0. The highest BCUT2D eigenvalue weighted by molar-refractivity contribution is 6.28. The zero-order valence-corrected chi connectivity index (χ0v) is 34.9. The van der Waals surface area contributed by atoms with E-state index in [1.165, 1.54) is 142 Å². The quantitative estimate of drug-likeness (QED) is 0.152. The van der Waals surface area contributed by atoms with Gasteiger partial charge in [0.2, 0.25) is 0 Å². The molecule has 0 heterocycles. The van der Waals surface area contributed by atoms with Gasteiger partial charge in [0.1, 0.15) is 0 Å². The zero-order chi connectivity index (χ0) is 41.9. The number of rotatable bonds is 5. The van der Waals surface area contributed by atoms with Crippen molar-refractivity contribution in [1.82, 2.24) is 0 Å². The van der Waals surface area contributed by atoms with E-state index in [0.717, 1.165) is 0 Å². The second-order valence-corrected chi connectivity index (χ2v) is 17.6. The Labute approximate surface area is 370 Å². The summed E-state index contributed by atoms with van der Waals surface area (Å²) in [5.41, 5.74) is 12.2. The van der Waals surface area contributed by atoms with Crippen LogP contribution < -0.4 is 0 Å². The molecule has 0 nitrogen and oxygen atoms in total. The van der Waals surface area contributed by atoms with Crippen molar-refractivity contribution in [2.24, 2.45) is 0 Å². The molecule has 0 bridgehead atoms. The molecule has 0 atom stereocenters. The number of hydrogen-bond donors (Lipinski definition) is 0. The van der Waals surface area contributed by atoms with E-state index in [2.05, 4.69) is 231 Å². The van der Waals surface area contributed by atoms with Crippen molar-refractivity contribution in [3.63, 3.8) is 0 Å². The molecule has 0 amide bonds. The number of benzene rings is 14. The SMILES string of the molecule is c1ccc(-c2cc(-c3c(-c4ccc5ccccc5c4)cc(-c4ccc5ccc6cccc7ccc4c5c67)c4ccccc34)cc(-c3ccc4ccc5cccc6ccc3c4c56)c2)cc1. The predicted octanol–water partition coefficient (Wildman–Crippen LogP) is 18.1. The molecule has 14 rings (SSSR count). The monoisotopic (exact) mass is 806 g/mol. The fourth-order valence-corrected chi connectivity index (χ4v) is 11.2. The first-order valence-corrected chi connectivity index (χ1v) is 22.3. The van der Waals surface area contributed by atoms with Crippen LogP contribution in [0.5, 0.6) is 0 Å². The fraction of sp³-hybridized carbons (Fsp3) is 0. The van der Waals surface area contributed by atoms with E-state index in [1.807, 2.05) is 0 Å². The van der Waals surface area contributed by atoms with Crippen LogP contribution in [0.2, 0.25) is 0 Å². The van der Waals surface area contributed by atoms with Crippen LogP contribution in [-0.4, -0.2) is 0 Å². The molecule has 0 unspecified atom stereocenters. The van der Waals surface area contributed by atoms with Crippen LogP contribution in [0.15, 0.2) is 231 Å². The summed E-state index contributed by atoms with van der Waals surface area (Å²) in [5.74, 6) is 0. The molecule has 0 aliphatic rings. The maximum atomic E-state index is 2.50. The molecule has 0 spiro atoms. The third-order valence-corrected chi connectivity index (χ3v) is 14.1. The van der Waals surface area contributed by atoms with Gasteiger partial charge in [0.25, 0.3) is 0 Å². The summed E-state index contributed by atoms with van der Waals surface area (Å²) < 4.78 is 0. The van der Waals surface area contributed by atoms with Gasteiger partial charge in [-0.1, -0.05) is 200 Å². The minimum atomic E-state index is 1.20. The highest BCUT2D eigenvalue weighted by Crippen LogP contribution is 2.49. The van der Waals surface area contributed by atoms with Gasteiger partial charge in [0, 0.05) is 0 Å². The molecule has 0 heteroatoms. The van der Waals surface area contributed by atoms with Crippen molar-refractivity contribution >= 4 is 86.2 Å². The van der Waals surface area contributed by atoms with Gasteiger partial charge in [-0.15, -0.1) is 0 Å². The molecule has 294 valence electrons. The Hall–Kier alpha value is -8.32. The third kappa shape index (κ3) is 5.24. The first kappa shape index (κ1) is 35.3. The second-order valence-electron chi connectivity index (χ2n) is 17.6. The Morgan fingerprint density at radius 1 is 0.172 bits per heavy atom. The molecule has 64 heavy (non-hydrogen) atoms. The van der Waals surface area contributed by atoms with E-state index in [0.29, 0.717) is 0 Å². The Kier molecular flexibility index (Phi) is 7.49. The molecule has 0 aliphatic carbocycles. The summed E-state index contributed by atoms with van der Waals surface area (Å²) in [4.78, 5) is 0. The first-order valence-electron chi connectivity index (χ1n) is 22.3. The molecule has 0 radical (unpaired) electrons. The molecule has 0 saturated heterocycles. The summed E-state index contributed by atoms with van der Waals surface area (Å²) in [5, 5.41) is 20.5. The van der Waals surface area contributed by atoms with E-state index in [4.69, 9.17) is 0 Å². The maximum absolute atomic E-state index is 2.50. The molecule has 0 fully saturated rings. The summed E-state index contributed by atoms with van der Waals surface area (Å²) in [7, 11) is 0. The smallest absolute Gasteiger partial charge is 0.00206 e. The van der Waals surface area contributed by atoms with Crippen LogP contribution in [0.3, 0.4) is 0 Å². The van der Waals surface area contributed by atoms with Crippen molar-refractivity contribution < 1.29 is 0 Å². The average molecular weight is 807 g/mol. The zero-order valence-electron chi connectivity index (χ0n) is 34.9. The minimum absolute atomic E-state index is 1.20. The standard InChI is InChI=1S/C64H38/c1-2-10-39(11-3-1)49-35-50(52-30-26-45-23-21-41-14-8-16-43-28-32-56(52)63(45)60(41)43)37-51(36-49)62-55-19-7-6-18-53(55)59(38-58(62)48-25-20-40-12-4-5-13-47(40)34-48)54-31-27-46-24-22-42-15-9-17-44-29-33-57(54)64(46)61(42)44/h1-38H. The molecular weight excluding hydrogens is 769 g/mol. The van der Waals surface area contributed by atoms with Gasteiger partial charge in [-0.2, -0.15) is 0 Å². The van der Waals surface area contributed by atoms with Gasteiger partial charge in [-0.3, -0.25) is 0 Å². The topological polar surface area (TPSA) is 0 Å². The van der Waals surface area contributed by atoms with Crippen molar-refractivity contribution in [2.75, 3.05) is 0 Å². The van der Waals surface area contributed by atoms with Gasteiger partial charge in [-0.05, 0) is 172 Å². The largest absolute Gasteiger partial charge is 0.0622 e. The van der Waals surface area contributed by atoms with Crippen LogP contribution in [0, 0.1) is 0 Å². The lowest BCUT2D eigenvalue weighted by molar-refractivity contribution is 1.58. The normalized spacial score (nSPS) is 12.1. The fourth-order valence-electron chi connectivity index (χ4n) is 11.2. The Morgan fingerprint density at radius 3 is 1.34 bits per heavy atom. The minimum Gasteiger partial charge on any atom is -0.0622 e. The van der Waals surface area contributed by atoms with Gasteiger partial charge in [0.05, 0.1) is 0 Å². The third-order valence-electron chi connectivity index (χ3n) is 14.1. The van der Waals surface area contributed by atoms with Crippen LogP contribution in [0.1, 0.15) is 0 Å². The molecule has 0 aliphatic heterocycles. The van der Waals surface area contributed by atoms with E-state index in [-0.39, 0.29) is 0 Å². The van der Waals surface area contributed by atoms with Crippen LogP contribution in [0.25, 0.3) is 142 Å². The van der Waals surface area contributed by atoms with E-state index < -0.39 is 0 Å². The van der Waals surface area contributed by atoms with Gasteiger partial charge < -0.3 is 0 Å². The lowest BCUT2D eigenvalue weighted by Gasteiger charge is -2.21. The van der Waals surface area contributed by atoms with E-state index >= 15 is 0 Å². The Morgan fingerprint density at radius 2 is 0.656 bits per heavy atom. The molecule has 14 aromatic carbocycles. The van der Waals surface area contributed by atoms with Crippen molar-refractivity contribution in [2.45, 2.75) is 0 Å². The number of hydrogen-bond acceptors (Lipinski definition) is 0. The average Bonchev–Trinajstić information content (AvgIpc) is 3.36. The number of fused-ring (bicyclic) bond motifs is 2. The maximum Gasteiger partial charge on any atom is -0.00206 e. The molecule has 14 aromatic rings. The summed E-state index contributed by atoms with van der Waals surface area (Å²) >= 11 is 0. The van der Waals surface area contributed by atoms with Gasteiger partial charge >= 0.3 is 0 Å². The molecule has 0 saturated carbocycles. The van der Waals surface area contributed by atoms with Crippen LogP contribution in [-0.2, 0) is 0 Å². The highest BCUT2D eigenvalue weighted by atomic mass is 14.2. The van der Waals surface area contributed by atoms with Crippen molar-refractivity contribution in [3.05, 3.63) is 231 Å². The predicted molar refractivity (Wildman–Crippen MR) is 276 cm³/mol. The summed E-state index contributed by atoms with van der Waals surface area (Å²) in [6, 6.07) is 86.6. The Balaban J connectivity index is 1.09. The summed E-state index contributed by atoms with van der Waals surface area (Å²) in [6.45, 7) is 0. The van der Waals surface area contributed by atoms with E-state index in [9.17, 15) is 0 Å². The molecule has 0 N–H and O–H groups in total. The van der Waals surface area contributed by atoms with Crippen LogP contribution >= 0.6 is 0 Å². The van der Waals surface area contributed by atoms with Gasteiger partial charge in [-0.25, -0.2) is 0 Å². The second kappa shape index (κ2) is 13.6. The van der Waals surface area contributed by atoms with Gasteiger partial charge in [0.15, 0.2) is 0 Å². The van der Waals surface area contributed by atoms with Crippen molar-refractivity contribution in [3.8, 4) is 55.6 Å². The highest BCUT2D eigenvalue weighted by Gasteiger charge is 2.22. The lowest BCUT2D eigenvalue weighted by Crippen LogP contribution is -1.95. The Bertz CT molecular complexity index is 4140. The molecular formula is C64H38. The first-order chi connectivity index (χ1) is 31.7. The molecule has 0 aromatic heterocycles. The van der Waals surface area contributed by atoms with Crippen molar-refractivity contribution in [1.29, 1.82) is 0 Å².